The van der Waals surface area contributed by atoms with E-state index >= 15 is 0 Å². The summed E-state index contributed by atoms with van der Waals surface area (Å²) in [6.45, 7) is 3.93. The summed E-state index contributed by atoms with van der Waals surface area (Å²) >= 11 is 0. The Morgan fingerprint density at radius 3 is 2.78 bits per heavy atom. The van der Waals surface area contributed by atoms with Crippen LogP contribution in [-0.4, -0.2) is 43.2 Å². The first kappa shape index (κ1) is 13.1. The fourth-order valence-electron chi connectivity index (χ4n) is 2.34. The van der Waals surface area contributed by atoms with Gasteiger partial charge in [0.15, 0.2) is 0 Å². The first-order valence-electron chi connectivity index (χ1n) is 6.28. The van der Waals surface area contributed by atoms with Crippen LogP contribution in [0, 0.1) is 0 Å². The molecule has 0 spiro atoms. The maximum Gasteiger partial charge on any atom is 0.242 e. The van der Waals surface area contributed by atoms with Crippen molar-refractivity contribution in [3.63, 3.8) is 0 Å². The highest BCUT2D eigenvalue weighted by atomic mass is 16.5. The normalized spacial score (nSPS) is 24.3. The van der Waals surface area contributed by atoms with Gasteiger partial charge in [0.25, 0.3) is 0 Å². The van der Waals surface area contributed by atoms with Gasteiger partial charge in [-0.15, -0.1) is 0 Å². The van der Waals surface area contributed by atoms with Crippen molar-refractivity contribution in [2.75, 3.05) is 20.3 Å². The fourth-order valence-corrected chi connectivity index (χ4v) is 2.34. The van der Waals surface area contributed by atoms with E-state index in [1.54, 1.807) is 7.11 Å². The zero-order valence-corrected chi connectivity index (χ0v) is 10.9. The van der Waals surface area contributed by atoms with Gasteiger partial charge in [0, 0.05) is 26.2 Å². The monoisotopic (exact) mass is 248 g/mol. The Balaban J connectivity index is 2.04. The number of nitrogens with one attached hydrogen (secondary N) is 1. The van der Waals surface area contributed by atoms with Gasteiger partial charge < -0.3 is 9.64 Å². The molecule has 2 atom stereocenters. The summed E-state index contributed by atoms with van der Waals surface area (Å²) < 4.78 is 5.09. The molecule has 1 aliphatic heterocycles. The lowest BCUT2D eigenvalue weighted by Crippen LogP contribution is -2.60. The Labute approximate surface area is 108 Å². The molecule has 2 rings (SSSR count). The van der Waals surface area contributed by atoms with E-state index in [-0.39, 0.29) is 11.9 Å². The lowest BCUT2D eigenvalue weighted by atomic mass is 10.1. The number of methoxy groups -OCH3 is 1. The van der Waals surface area contributed by atoms with Crippen molar-refractivity contribution in [1.29, 1.82) is 0 Å². The molecule has 0 aliphatic carbocycles. The second kappa shape index (κ2) is 5.98. The van der Waals surface area contributed by atoms with Crippen molar-refractivity contribution < 1.29 is 9.53 Å². The number of amides is 1. The fraction of sp³-hybridized carbons (Fsp3) is 0.500. The number of ether oxygens (including phenoxy) is 1. The summed E-state index contributed by atoms with van der Waals surface area (Å²) in [5.74, 6) is 0.124. The summed E-state index contributed by atoms with van der Waals surface area (Å²) in [5, 5.41) is 3.27. The maximum atomic E-state index is 12.2. The lowest BCUT2D eigenvalue weighted by Gasteiger charge is -2.36. The van der Waals surface area contributed by atoms with Crippen LogP contribution in [0.4, 0.5) is 0 Å². The van der Waals surface area contributed by atoms with Gasteiger partial charge in [-0.3, -0.25) is 10.1 Å². The molecule has 1 amide bonds. The number of hydrogen-bond acceptors (Lipinski definition) is 3. The van der Waals surface area contributed by atoms with Crippen molar-refractivity contribution in [3.05, 3.63) is 35.9 Å². The van der Waals surface area contributed by atoms with Crippen LogP contribution >= 0.6 is 0 Å². The third-order valence-corrected chi connectivity index (χ3v) is 3.14. The molecule has 1 aliphatic rings. The van der Waals surface area contributed by atoms with Crippen molar-refractivity contribution in [2.24, 2.45) is 0 Å². The van der Waals surface area contributed by atoms with Crippen molar-refractivity contribution in [2.45, 2.75) is 25.6 Å². The van der Waals surface area contributed by atoms with Crippen molar-refractivity contribution in [3.8, 4) is 0 Å². The highest BCUT2D eigenvalue weighted by Crippen LogP contribution is 2.11. The minimum atomic E-state index is -0.220. The molecule has 4 heteroatoms. The van der Waals surface area contributed by atoms with Crippen LogP contribution in [0.5, 0.6) is 0 Å². The molecular weight excluding hydrogens is 228 g/mol. The van der Waals surface area contributed by atoms with E-state index in [0.29, 0.717) is 19.2 Å². The number of carbonyl (C=O) groups is 1. The van der Waals surface area contributed by atoms with Crippen molar-refractivity contribution in [1.82, 2.24) is 10.2 Å². The Kier molecular flexibility index (Phi) is 4.33. The SMILES string of the molecule is COC[C@@H]1N[C@@H](C)CN(Cc2ccccc2)C1=O. The first-order chi connectivity index (χ1) is 8.70. The molecule has 1 aromatic rings. The Hall–Kier alpha value is -1.39. The molecule has 1 aromatic carbocycles. The van der Waals surface area contributed by atoms with Gasteiger partial charge in [-0.1, -0.05) is 30.3 Å². The van der Waals surface area contributed by atoms with Crippen molar-refractivity contribution >= 4 is 5.91 Å². The smallest absolute Gasteiger partial charge is 0.242 e. The number of nitrogens with zero attached hydrogens (tertiary/aromatic N) is 1. The van der Waals surface area contributed by atoms with Crippen LogP contribution in [0.2, 0.25) is 0 Å². The average molecular weight is 248 g/mol. The minimum absolute atomic E-state index is 0.124. The molecule has 98 valence electrons. The van der Waals surface area contributed by atoms with Gasteiger partial charge >= 0.3 is 0 Å². The molecule has 4 nitrogen and oxygen atoms in total. The van der Waals surface area contributed by atoms with E-state index in [1.165, 1.54) is 0 Å². The Bertz CT molecular complexity index is 394. The molecule has 0 unspecified atom stereocenters. The van der Waals surface area contributed by atoms with Crippen LogP contribution in [0.3, 0.4) is 0 Å². The van der Waals surface area contributed by atoms with Crippen LogP contribution in [0.25, 0.3) is 0 Å². The van der Waals surface area contributed by atoms with E-state index in [4.69, 9.17) is 4.74 Å². The summed E-state index contributed by atoms with van der Waals surface area (Å²) in [6, 6.07) is 10.2. The molecule has 0 saturated carbocycles. The summed E-state index contributed by atoms with van der Waals surface area (Å²) in [4.78, 5) is 14.2. The molecule has 0 aromatic heterocycles. The van der Waals surface area contributed by atoms with Crippen LogP contribution in [0.1, 0.15) is 12.5 Å². The van der Waals surface area contributed by atoms with E-state index in [0.717, 1.165) is 12.1 Å². The number of benzene rings is 1. The highest BCUT2D eigenvalue weighted by molar-refractivity contribution is 5.83. The zero-order chi connectivity index (χ0) is 13.0. The quantitative estimate of drug-likeness (QED) is 0.865. The van der Waals surface area contributed by atoms with Crippen LogP contribution in [0.15, 0.2) is 30.3 Å². The predicted molar refractivity (Wildman–Crippen MR) is 70.1 cm³/mol. The van der Waals surface area contributed by atoms with E-state index in [2.05, 4.69) is 12.2 Å². The minimum Gasteiger partial charge on any atom is -0.383 e. The topological polar surface area (TPSA) is 41.6 Å². The average Bonchev–Trinajstić information content (AvgIpc) is 2.36. The molecular formula is C14H20N2O2. The summed E-state index contributed by atoms with van der Waals surface area (Å²) in [5.41, 5.74) is 1.16. The van der Waals surface area contributed by atoms with Gasteiger partial charge in [-0.25, -0.2) is 0 Å². The largest absolute Gasteiger partial charge is 0.383 e. The van der Waals surface area contributed by atoms with Gasteiger partial charge in [0.2, 0.25) is 5.91 Å². The second-order valence-electron chi connectivity index (χ2n) is 4.78. The summed E-state index contributed by atoms with van der Waals surface area (Å²) in [6.07, 6.45) is 0. The summed E-state index contributed by atoms with van der Waals surface area (Å²) in [7, 11) is 1.62. The third kappa shape index (κ3) is 3.09. The number of rotatable bonds is 4. The molecule has 18 heavy (non-hydrogen) atoms. The Morgan fingerprint density at radius 2 is 2.11 bits per heavy atom. The maximum absolute atomic E-state index is 12.2. The molecule has 0 bridgehead atoms. The highest BCUT2D eigenvalue weighted by Gasteiger charge is 2.31. The predicted octanol–water partition coefficient (Wildman–Crippen LogP) is 1.02. The number of hydrogen-bond donors (Lipinski definition) is 1. The Morgan fingerprint density at radius 1 is 1.39 bits per heavy atom. The van der Waals surface area contributed by atoms with E-state index in [1.807, 2.05) is 35.2 Å². The van der Waals surface area contributed by atoms with Crippen LogP contribution in [-0.2, 0) is 16.1 Å². The molecule has 1 N–H and O–H groups in total. The molecule has 1 heterocycles. The second-order valence-corrected chi connectivity index (χ2v) is 4.78. The third-order valence-electron chi connectivity index (χ3n) is 3.14. The standard InChI is InChI=1S/C14H20N2O2/c1-11-8-16(9-12-6-4-3-5-7-12)14(17)13(15-11)10-18-2/h3-7,11,13,15H,8-10H2,1-2H3/t11-,13-/m0/s1. The van der Waals surface area contributed by atoms with Gasteiger partial charge in [-0.2, -0.15) is 0 Å². The number of piperazine rings is 1. The lowest BCUT2D eigenvalue weighted by molar-refractivity contribution is -0.139. The molecule has 1 fully saturated rings. The van der Waals surface area contributed by atoms with Gasteiger partial charge in [0.1, 0.15) is 6.04 Å². The van der Waals surface area contributed by atoms with Crippen LogP contribution < -0.4 is 5.32 Å². The van der Waals surface area contributed by atoms with Gasteiger partial charge in [-0.05, 0) is 12.5 Å². The number of carbonyl (C=O) groups excluding carboxylic acids is 1. The van der Waals surface area contributed by atoms with Gasteiger partial charge in [0.05, 0.1) is 6.61 Å². The first-order valence-corrected chi connectivity index (χ1v) is 6.28. The molecule has 0 radical (unpaired) electrons. The zero-order valence-electron chi connectivity index (χ0n) is 10.9. The molecule has 1 saturated heterocycles. The van der Waals surface area contributed by atoms with E-state index in [9.17, 15) is 4.79 Å². The van der Waals surface area contributed by atoms with E-state index < -0.39 is 0 Å².